The number of rotatable bonds is 9. The molecule has 0 bridgehead atoms. The zero-order chi connectivity index (χ0) is 15.7. The monoisotopic (exact) mass is 298 g/mol. The maximum absolute atomic E-state index is 9.50. The summed E-state index contributed by atoms with van der Waals surface area (Å²) in [6.07, 6.45) is 7.52. The van der Waals surface area contributed by atoms with E-state index in [1.165, 1.54) is 71.2 Å². The average Bonchev–Trinajstić information content (AvgIpc) is 2.43. The molecule has 0 spiro atoms. The van der Waals surface area contributed by atoms with Crippen LogP contribution in [0.5, 0.6) is 0 Å². The summed E-state index contributed by atoms with van der Waals surface area (Å²) < 4.78 is 0. The lowest BCUT2D eigenvalue weighted by atomic mass is 9.85. The Labute approximate surface area is 132 Å². The highest BCUT2D eigenvalue weighted by molar-refractivity contribution is 4.69. The van der Waals surface area contributed by atoms with Gasteiger partial charge in [-0.1, -0.05) is 33.6 Å². The van der Waals surface area contributed by atoms with Crippen molar-refractivity contribution in [3.63, 3.8) is 0 Å². The normalized spacial score (nSPS) is 19.9. The summed E-state index contributed by atoms with van der Waals surface area (Å²) in [5.74, 6) is 0.521. The van der Waals surface area contributed by atoms with Crippen molar-refractivity contribution in [3.8, 4) is 0 Å². The first-order valence-electron chi connectivity index (χ1n) is 8.92. The van der Waals surface area contributed by atoms with Gasteiger partial charge in [0.15, 0.2) is 0 Å². The Morgan fingerprint density at radius 1 is 0.952 bits per heavy atom. The van der Waals surface area contributed by atoms with Crippen molar-refractivity contribution < 1.29 is 5.11 Å². The first-order chi connectivity index (χ1) is 9.90. The van der Waals surface area contributed by atoms with Gasteiger partial charge in [0.05, 0.1) is 0 Å². The van der Waals surface area contributed by atoms with Gasteiger partial charge in [-0.15, -0.1) is 0 Å². The summed E-state index contributed by atoms with van der Waals surface area (Å²) in [4.78, 5) is 5.01. The van der Waals surface area contributed by atoms with E-state index in [1.54, 1.807) is 0 Å². The molecule has 1 fully saturated rings. The third-order valence-electron chi connectivity index (χ3n) is 4.74. The molecule has 1 N–H and O–H groups in total. The second-order valence-corrected chi connectivity index (χ2v) is 8.14. The molecule has 0 aromatic carbocycles. The van der Waals surface area contributed by atoms with Crippen molar-refractivity contribution in [2.75, 3.05) is 46.4 Å². The largest absolute Gasteiger partial charge is 0.396 e. The number of nitrogens with zero attached hydrogens (tertiary/aromatic N) is 2. The predicted octanol–water partition coefficient (Wildman–Crippen LogP) is 3.23. The summed E-state index contributed by atoms with van der Waals surface area (Å²) in [6.45, 7) is 13.4. The van der Waals surface area contributed by atoms with E-state index in [2.05, 4.69) is 37.6 Å². The van der Waals surface area contributed by atoms with E-state index in [4.69, 9.17) is 0 Å². The van der Waals surface area contributed by atoms with Crippen LogP contribution in [0, 0.1) is 11.3 Å². The minimum absolute atomic E-state index is 0.370. The van der Waals surface area contributed by atoms with E-state index in [9.17, 15) is 5.11 Å². The minimum atomic E-state index is 0.370. The number of hydrogen-bond donors (Lipinski definition) is 1. The Bertz CT molecular complexity index is 254. The Morgan fingerprint density at radius 2 is 1.62 bits per heavy atom. The predicted molar refractivity (Wildman–Crippen MR) is 91.7 cm³/mol. The Balaban J connectivity index is 2.01. The van der Waals surface area contributed by atoms with Crippen LogP contribution in [0.3, 0.4) is 0 Å². The van der Waals surface area contributed by atoms with Crippen molar-refractivity contribution in [2.45, 2.75) is 59.3 Å². The van der Waals surface area contributed by atoms with E-state index in [0.717, 1.165) is 0 Å². The summed E-state index contributed by atoms with van der Waals surface area (Å²) >= 11 is 0. The second-order valence-electron chi connectivity index (χ2n) is 8.14. The topological polar surface area (TPSA) is 26.7 Å². The van der Waals surface area contributed by atoms with Crippen molar-refractivity contribution in [2.24, 2.45) is 11.3 Å². The SMILES string of the molecule is CN1CCN(CCCCC[C@@H](CO)CCC(C)(C)C)CC1. The van der Waals surface area contributed by atoms with Gasteiger partial charge in [-0.25, -0.2) is 0 Å². The zero-order valence-electron chi connectivity index (χ0n) is 14.9. The van der Waals surface area contributed by atoms with E-state index in [1.807, 2.05) is 0 Å². The molecule has 1 atom stereocenters. The molecule has 1 aliphatic heterocycles. The molecule has 1 saturated heterocycles. The van der Waals surface area contributed by atoms with Crippen LogP contribution >= 0.6 is 0 Å². The van der Waals surface area contributed by atoms with Crippen LogP contribution in [0.1, 0.15) is 59.3 Å². The van der Waals surface area contributed by atoms with Crippen LogP contribution in [0.2, 0.25) is 0 Å². The molecule has 0 aromatic rings. The fraction of sp³-hybridized carbons (Fsp3) is 1.00. The van der Waals surface area contributed by atoms with Crippen molar-refractivity contribution in [1.82, 2.24) is 9.80 Å². The Hall–Kier alpha value is -0.120. The smallest absolute Gasteiger partial charge is 0.0459 e. The molecule has 1 aliphatic rings. The number of piperazine rings is 1. The van der Waals surface area contributed by atoms with Crippen LogP contribution in [0.15, 0.2) is 0 Å². The zero-order valence-corrected chi connectivity index (χ0v) is 14.9. The third kappa shape index (κ3) is 9.49. The quantitative estimate of drug-likeness (QED) is 0.662. The highest BCUT2D eigenvalue weighted by atomic mass is 16.3. The number of aliphatic hydroxyl groups is 1. The molecule has 1 rings (SSSR count). The number of hydrogen-bond acceptors (Lipinski definition) is 3. The van der Waals surface area contributed by atoms with Gasteiger partial charge in [-0.05, 0) is 50.6 Å². The van der Waals surface area contributed by atoms with Gasteiger partial charge in [-0.3, -0.25) is 0 Å². The van der Waals surface area contributed by atoms with Gasteiger partial charge in [0, 0.05) is 32.8 Å². The second kappa shape index (κ2) is 9.81. The lowest BCUT2D eigenvalue weighted by Crippen LogP contribution is -2.44. The summed E-state index contributed by atoms with van der Waals surface area (Å²) in [5.41, 5.74) is 0.398. The molecule has 0 unspecified atom stereocenters. The Kier molecular flexibility index (Phi) is 8.84. The highest BCUT2D eigenvalue weighted by Gasteiger charge is 2.15. The van der Waals surface area contributed by atoms with Crippen LogP contribution in [0.4, 0.5) is 0 Å². The van der Waals surface area contributed by atoms with Crippen LogP contribution in [-0.4, -0.2) is 61.3 Å². The fourth-order valence-electron chi connectivity index (χ4n) is 2.98. The van der Waals surface area contributed by atoms with Gasteiger partial charge in [0.2, 0.25) is 0 Å². The average molecular weight is 299 g/mol. The molecule has 3 heteroatoms. The van der Waals surface area contributed by atoms with Crippen molar-refractivity contribution in [1.29, 1.82) is 0 Å². The van der Waals surface area contributed by atoms with Crippen LogP contribution in [0.25, 0.3) is 0 Å². The van der Waals surface area contributed by atoms with Gasteiger partial charge in [0.25, 0.3) is 0 Å². The maximum Gasteiger partial charge on any atom is 0.0459 e. The van der Waals surface area contributed by atoms with Gasteiger partial charge < -0.3 is 14.9 Å². The van der Waals surface area contributed by atoms with Gasteiger partial charge in [0.1, 0.15) is 0 Å². The summed E-state index contributed by atoms with van der Waals surface area (Å²) in [5, 5.41) is 9.50. The molecule has 21 heavy (non-hydrogen) atoms. The fourth-order valence-corrected chi connectivity index (χ4v) is 2.98. The van der Waals surface area contributed by atoms with E-state index in [0.29, 0.717) is 17.9 Å². The number of unbranched alkanes of at least 4 members (excludes halogenated alkanes) is 2. The molecule has 1 heterocycles. The third-order valence-corrected chi connectivity index (χ3v) is 4.74. The highest BCUT2D eigenvalue weighted by Crippen LogP contribution is 2.25. The van der Waals surface area contributed by atoms with E-state index >= 15 is 0 Å². The molecule has 0 radical (unpaired) electrons. The molecule has 0 saturated carbocycles. The van der Waals surface area contributed by atoms with E-state index in [-0.39, 0.29) is 0 Å². The number of likely N-dealkylation sites (N-methyl/N-ethyl adjacent to an activating group) is 1. The summed E-state index contributed by atoms with van der Waals surface area (Å²) in [7, 11) is 2.21. The minimum Gasteiger partial charge on any atom is -0.396 e. The van der Waals surface area contributed by atoms with E-state index < -0.39 is 0 Å². The van der Waals surface area contributed by atoms with Gasteiger partial charge >= 0.3 is 0 Å². The lowest BCUT2D eigenvalue weighted by molar-refractivity contribution is 0.151. The molecule has 0 aromatic heterocycles. The van der Waals surface area contributed by atoms with Crippen LogP contribution in [-0.2, 0) is 0 Å². The number of aliphatic hydroxyl groups excluding tert-OH is 1. The first kappa shape index (κ1) is 18.9. The molecule has 0 aliphatic carbocycles. The molecular weight excluding hydrogens is 260 g/mol. The lowest BCUT2D eigenvalue weighted by Gasteiger charge is -2.32. The molecule has 126 valence electrons. The van der Waals surface area contributed by atoms with Crippen LogP contribution < -0.4 is 0 Å². The standard InChI is InChI=1S/C18H38N2O/c1-18(2,3)10-9-17(16-21)8-6-5-7-11-20-14-12-19(4)13-15-20/h17,21H,5-16H2,1-4H3/t17-/m1/s1. The van der Waals surface area contributed by atoms with Gasteiger partial charge in [-0.2, -0.15) is 0 Å². The first-order valence-corrected chi connectivity index (χ1v) is 8.92. The molecule has 3 nitrogen and oxygen atoms in total. The molecule has 0 amide bonds. The molecular formula is C18H38N2O. The summed E-state index contributed by atoms with van der Waals surface area (Å²) in [6, 6.07) is 0. The Morgan fingerprint density at radius 3 is 2.19 bits per heavy atom. The maximum atomic E-state index is 9.50. The van der Waals surface area contributed by atoms with Crippen molar-refractivity contribution in [3.05, 3.63) is 0 Å². The van der Waals surface area contributed by atoms with Crippen molar-refractivity contribution >= 4 is 0 Å².